The third kappa shape index (κ3) is 3.25. The lowest BCUT2D eigenvalue weighted by molar-refractivity contribution is 0.142. The van der Waals surface area contributed by atoms with Gasteiger partial charge in [0.1, 0.15) is 5.82 Å². The summed E-state index contributed by atoms with van der Waals surface area (Å²) >= 11 is 11.8. The molecule has 3 rings (SSSR count). The highest BCUT2D eigenvalue weighted by Crippen LogP contribution is 2.29. The molecular formula is C14H16Cl2N4O2S. The van der Waals surface area contributed by atoms with Crippen LogP contribution in [0.5, 0.6) is 0 Å². The molecule has 0 radical (unpaired) electrons. The Morgan fingerprint density at radius 2 is 2.04 bits per heavy atom. The minimum atomic E-state index is -3.63. The van der Waals surface area contributed by atoms with E-state index in [0.29, 0.717) is 24.7 Å². The molecule has 0 aliphatic carbocycles. The monoisotopic (exact) mass is 374 g/mol. The van der Waals surface area contributed by atoms with Crippen molar-refractivity contribution >= 4 is 33.2 Å². The maximum atomic E-state index is 12.8. The maximum absolute atomic E-state index is 12.8. The van der Waals surface area contributed by atoms with Gasteiger partial charge in [0.25, 0.3) is 0 Å². The fraction of sp³-hybridized carbons (Fsp3) is 0.357. The van der Waals surface area contributed by atoms with Crippen LogP contribution in [-0.2, 0) is 10.0 Å². The van der Waals surface area contributed by atoms with E-state index in [4.69, 9.17) is 23.2 Å². The Labute approximate surface area is 145 Å². The van der Waals surface area contributed by atoms with E-state index in [1.165, 1.54) is 22.5 Å². The van der Waals surface area contributed by atoms with E-state index in [-0.39, 0.29) is 16.0 Å². The molecule has 2 aromatic rings. The van der Waals surface area contributed by atoms with Crippen molar-refractivity contribution in [2.75, 3.05) is 26.7 Å². The van der Waals surface area contributed by atoms with Gasteiger partial charge in [0.15, 0.2) is 0 Å². The number of rotatable bonds is 3. The number of halogens is 2. The second-order valence-corrected chi connectivity index (χ2v) is 8.16. The standard InChI is InChI=1S/C14H16Cl2N4O2S/c1-19-6-7-20(9-13(19)14-17-4-5-18-14)23(21,22)10-2-3-11(15)12(16)8-10/h2-5,8,13H,6-7,9H2,1H3,(H,17,18). The van der Waals surface area contributed by atoms with Crippen LogP contribution in [0, 0.1) is 0 Å². The van der Waals surface area contributed by atoms with Crippen molar-refractivity contribution in [2.24, 2.45) is 0 Å². The lowest BCUT2D eigenvalue weighted by atomic mass is 10.2. The molecule has 1 aromatic carbocycles. The molecular weight excluding hydrogens is 359 g/mol. The molecule has 1 aliphatic heterocycles. The Bertz CT molecular complexity index is 795. The zero-order valence-corrected chi connectivity index (χ0v) is 14.7. The van der Waals surface area contributed by atoms with E-state index in [0.717, 1.165) is 5.82 Å². The Morgan fingerprint density at radius 1 is 1.26 bits per heavy atom. The van der Waals surface area contributed by atoms with Crippen molar-refractivity contribution in [3.63, 3.8) is 0 Å². The number of benzene rings is 1. The van der Waals surface area contributed by atoms with E-state index < -0.39 is 10.0 Å². The van der Waals surface area contributed by atoms with Gasteiger partial charge in [0, 0.05) is 32.0 Å². The fourth-order valence-electron chi connectivity index (χ4n) is 2.61. The summed E-state index contributed by atoms with van der Waals surface area (Å²) in [5.74, 6) is 0.751. The molecule has 2 heterocycles. The average Bonchev–Trinajstić information content (AvgIpc) is 3.04. The van der Waals surface area contributed by atoms with Crippen LogP contribution in [-0.4, -0.2) is 54.3 Å². The molecule has 124 valence electrons. The molecule has 6 nitrogen and oxygen atoms in total. The van der Waals surface area contributed by atoms with E-state index in [2.05, 4.69) is 14.9 Å². The molecule has 0 bridgehead atoms. The lowest BCUT2D eigenvalue weighted by Gasteiger charge is -2.37. The summed E-state index contributed by atoms with van der Waals surface area (Å²) in [6, 6.07) is 4.25. The third-order valence-electron chi connectivity index (χ3n) is 3.97. The molecule has 1 saturated heterocycles. The highest BCUT2D eigenvalue weighted by atomic mass is 35.5. The second kappa shape index (κ2) is 6.41. The van der Waals surface area contributed by atoms with E-state index >= 15 is 0 Å². The molecule has 1 atom stereocenters. The highest BCUT2D eigenvalue weighted by molar-refractivity contribution is 7.89. The first-order chi connectivity index (χ1) is 10.9. The van der Waals surface area contributed by atoms with Crippen molar-refractivity contribution in [2.45, 2.75) is 10.9 Å². The maximum Gasteiger partial charge on any atom is 0.243 e. The average molecular weight is 375 g/mol. The van der Waals surface area contributed by atoms with Gasteiger partial charge < -0.3 is 4.98 Å². The summed E-state index contributed by atoms with van der Waals surface area (Å²) in [6.45, 7) is 1.36. The number of hydrogen-bond acceptors (Lipinski definition) is 4. The number of H-pyrrole nitrogens is 1. The predicted molar refractivity (Wildman–Crippen MR) is 89.2 cm³/mol. The summed E-state index contributed by atoms with van der Waals surface area (Å²) in [4.78, 5) is 9.53. The van der Waals surface area contributed by atoms with Gasteiger partial charge in [-0.1, -0.05) is 23.2 Å². The van der Waals surface area contributed by atoms with E-state index in [9.17, 15) is 8.42 Å². The number of aromatic nitrogens is 2. The number of aromatic amines is 1. The van der Waals surface area contributed by atoms with Crippen LogP contribution >= 0.6 is 23.2 Å². The van der Waals surface area contributed by atoms with Gasteiger partial charge in [-0.25, -0.2) is 13.4 Å². The van der Waals surface area contributed by atoms with Crippen LogP contribution in [0.15, 0.2) is 35.5 Å². The van der Waals surface area contributed by atoms with Crippen LogP contribution < -0.4 is 0 Å². The van der Waals surface area contributed by atoms with Crippen LogP contribution in [0.4, 0.5) is 0 Å². The molecule has 1 N–H and O–H groups in total. The second-order valence-electron chi connectivity index (χ2n) is 5.41. The van der Waals surface area contributed by atoms with Crippen molar-refractivity contribution in [3.8, 4) is 0 Å². The fourth-order valence-corrected chi connectivity index (χ4v) is 4.44. The summed E-state index contributed by atoms with van der Waals surface area (Å²) in [5, 5.41) is 0.557. The smallest absolute Gasteiger partial charge is 0.243 e. The van der Waals surface area contributed by atoms with E-state index in [1.54, 1.807) is 12.4 Å². The van der Waals surface area contributed by atoms with Crippen molar-refractivity contribution in [3.05, 3.63) is 46.5 Å². The van der Waals surface area contributed by atoms with Crippen LogP contribution in [0.2, 0.25) is 10.0 Å². The SMILES string of the molecule is CN1CCN(S(=O)(=O)c2ccc(Cl)c(Cl)c2)CC1c1ncc[nH]1. The Balaban J connectivity index is 1.89. The van der Waals surface area contributed by atoms with Gasteiger partial charge in [0.05, 0.1) is 21.0 Å². The zero-order chi connectivity index (χ0) is 16.6. The Hall–Kier alpha value is -1.12. The van der Waals surface area contributed by atoms with Gasteiger partial charge in [-0.3, -0.25) is 4.90 Å². The minimum absolute atomic E-state index is 0.115. The molecule has 1 fully saturated rings. The number of sulfonamides is 1. The van der Waals surface area contributed by atoms with Crippen molar-refractivity contribution in [1.82, 2.24) is 19.2 Å². The Kier molecular flexibility index (Phi) is 4.66. The lowest BCUT2D eigenvalue weighted by Crippen LogP contribution is -2.49. The van der Waals surface area contributed by atoms with E-state index in [1.807, 2.05) is 7.05 Å². The quantitative estimate of drug-likeness (QED) is 0.895. The molecule has 9 heteroatoms. The number of imidazole rings is 1. The summed E-state index contributed by atoms with van der Waals surface area (Å²) in [5.41, 5.74) is 0. The van der Waals surface area contributed by atoms with Crippen LogP contribution in [0.1, 0.15) is 11.9 Å². The van der Waals surface area contributed by atoms with Crippen molar-refractivity contribution in [1.29, 1.82) is 0 Å². The first-order valence-corrected chi connectivity index (χ1v) is 9.24. The van der Waals surface area contributed by atoms with Crippen LogP contribution in [0.3, 0.4) is 0 Å². The first-order valence-electron chi connectivity index (χ1n) is 7.04. The third-order valence-corrected chi connectivity index (χ3v) is 6.57. The first kappa shape index (κ1) is 16.7. The number of nitrogens with zero attached hydrogens (tertiary/aromatic N) is 3. The molecule has 0 saturated carbocycles. The number of nitrogens with one attached hydrogen (secondary N) is 1. The van der Waals surface area contributed by atoms with Gasteiger partial charge in [0.2, 0.25) is 10.0 Å². The van der Waals surface area contributed by atoms with Gasteiger partial charge in [-0.2, -0.15) is 4.31 Å². The zero-order valence-electron chi connectivity index (χ0n) is 12.4. The predicted octanol–water partition coefficient (Wildman–Crippen LogP) is 2.39. The summed E-state index contributed by atoms with van der Waals surface area (Å²) in [6.07, 6.45) is 3.39. The highest BCUT2D eigenvalue weighted by Gasteiger charge is 2.34. The number of hydrogen-bond donors (Lipinski definition) is 1. The molecule has 1 unspecified atom stereocenters. The normalized spacial score (nSPS) is 20.7. The Morgan fingerprint density at radius 3 is 2.70 bits per heavy atom. The van der Waals surface area contributed by atoms with Crippen LogP contribution in [0.25, 0.3) is 0 Å². The minimum Gasteiger partial charge on any atom is -0.347 e. The van der Waals surface area contributed by atoms with Gasteiger partial charge in [-0.05, 0) is 25.2 Å². The molecule has 0 spiro atoms. The number of piperazine rings is 1. The topological polar surface area (TPSA) is 69.3 Å². The molecule has 1 aromatic heterocycles. The van der Waals surface area contributed by atoms with Gasteiger partial charge >= 0.3 is 0 Å². The van der Waals surface area contributed by atoms with Crippen molar-refractivity contribution < 1.29 is 8.42 Å². The largest absolute Gasteiger partial charge is 0.347 e. The molecule has 23 heavy (non-hydrogen) atoms. The molecule has 1 aliphatic rings. The molecule has 0 amide bonds. The van der Waals surface area contributed by atoms with Gasteiger partial charge in [-0.15, -0.1) is 0 Å². The summed E-state index contributed by atoms with van der Waals surface area (Å²) in [7, 11) is -1.67. The summed E-state index contributed by atoms with van der Waals surface area (Å²) < 4.78 is 27.2. The number of likely N-dealkylation sites (N-methyl/N-ethyl adjacent to an activating group) is 1.